The van der Waals surface area contributed by atoms with Crippen LogP contribution in [0, 0.1) is 11.8 Å². The number of hydrogen-bond donors (Lipinski definition) is 3. The Labute approximate surface area is 224 Å². The lowest BCUT2D eigenvalue weighted by Crippen LogP contribution is -2.52. The van der Waals surface area contributed by atoms with E-state index in [1.807, 2.05) is 0 Å². The first-order chi connectivity index (χ1) is 18.1. The van der Waals surface area contributed by atoms with Gasteiger partial charge in [-0.3, -0.25) is 14.4 Å². The molecule has 0 aliphatic carbocycles. The van der Waals surface area contributed by atoms with Crippen LogP contribution in [-0.4, -0.2) is 42.7 Å². The van der Waals surface area contributed by atoms with E-state index in [0.29, 0.717) is 22.1 Å². The number of alkyl halides is 6. The van der Waals surface area contributed by atoms with Crippen LogP contribution in [0.25, 0.3) is 0 Å². The maximum absolute atomic E-state index is 13.2. The van der Waals surface area contributed by atoms with Crippen LogP contribution in [0.5, 0.6) is 0 Å². The number of nitrogens with zero attached hydrogens (tertiary/aromatic N) is 1. The van der Waals surface area contributed by atoms with E-state index >= 15 is 0 Å². The Hall–Kier alpha value is -3.48. The van der Waals surface area contributed by atoms with E-state index in [1.54, 1.807) is 53.4 Å². The van der Waals surface area contributed by atoms with Crippen molar-refractivity contribution in [3.05, 3.63) is 53.6 Å². The fourth-order valence-corrected chi connectivity index (χ4v) is 4.47. The second kappa shape index (κ2) is 12.1. The number of carbonyl (C=O) groups excluding carboxylic acids is 3. The van der Waals surface area contributed by atoms with Crippen LogP contribution in [0.1, 0.15) is 25.7 Å². The average molecular weight is 579 g/mol. The fraction of sp³-hybridized carbons (Fsp3) is 0.400. The fourth-order valence-electron chi connectivity index (χ4n) is 4.35. The maximum atomic E-state index is 13.2. The number of hydrogen-bond acceptors (Lipinski definition) is 4. The van der Waals surface area contributed by atoms with Crippen molar-refractivity contribution in [1.82, 2.24) is 5.32 Å². The van der Waals surface area contributed by atoms with Crippen molar-refractivity contribution in [2.24, 2.45) is 17.6 Å². The number of carbonyl (C=O) groups is 3. The summed E-state index contributed by atoms with van der Waals surface area (Å²) in [7, 11) is 0. The number of fused-ring (bicyclic) bond motifs is 1. The second-order valence-corrected chi connectivity index (χ2v) is 9.51. The largest absolute Gasteiger partial charge is 0.389 e. The van der Waals surface area contributed by atoms with Crippen molar-refractivity contribution in [2.45, 2.75) is 44.1 Å². The minimum atomic E-state index is -4.75. The second-order valence-electron chi connectivity index (χ2n) is 9.08. The van der Waals surface area contributed by atoms with Crippen molar-refractivity contribution in [2.75, 3.05) is 16.8 Å². The Morgan fingerprint density at radius 1 is 0.974 bits per heavy atom. The van der Waals surface area contributed by atoms with Crippen LogP contribution in [0.4, 0.5) is 43.4 Å². The van der Waals surface area contributed by atoms with Crippen LogP contribution in [-0.2, 0) is 14.4 Å². The van der Waals surface area contributed by atoms with Gasteiger partial charge < -0.3 is 21.3 Å². The van der Waals surface area contributed by atoms with Gasteiger partial charge in [-0.15, -0.1) is 0 Å². The van der Waals surface area contributed by atoms with E-state index in [-0.39, 0.29) is 6.54 Å². The highest BCUT2D eigenvalue weighted by Crippen LogP contribution is 2.36. The van der Waals surface area contributed by atoms with Crippen molar-refractivity contribution in [1.29, 1.82) is 0 Å². The summed E-state index contributed by atoms with van der Waals surface area (Å²) in [5.74, 6) is -6.94. The molecule has 2 aromatic rings. The van der Waals surface area contributed by atoms with Gasteiger partial charge in [0.25, 0.3) is 0 Å². The third-order valence-electron chi connectivity index (χ3n) is 6.25. The smallest absolute Gasteiger partial charge is 0.369 e. The van der Waals surface area contributed by atoms with Crippen LogP contribution < -0.4 is 21.3 Å². The molecule has 0 radical (unpaired) electrons. The molecular weight excluding hydrogens is 554 g/mol. The van der Waals surface area contributed by atoms with E-state index in [9.17, 15) is 40.7 Å². The first-order valence-corrected chi connectivity index (χ1v) is 12.2. The van der Waals surface area contributed by atoms with Crippen LogP contribution in [0.2, 0.25) is 5.02 Å². The molecule has 3 atom stereocenters. The van der Waals surface area contributed by atoms with Crippen LogP contribution in [0.15, 0.2) is 48.5 Å². The number of benzene rings is 2. The summed E-state index contributed by atoms with van der Waals surface area (Å²) in [6.07, 6.45) is -14.5. The topological polar surface area (TPSA) is 105 Å². The molecule has 0 saturated carbocycles. The molecule has 0 fully saturated rings. The van der Waals surface area contributed by atoms with Gasteiger partial charge in [0.1, 0.15) is 6.04 Å². The van der Waals surface area contributed by atoms with Crippen LogP contribution >= 0.6 is 11.6 Å². The summed E-state index contributed by atoms with van der Waals surface area (Å²) in [5.41, 5.74) is 6.72. The zero-order chi connectivity index (χ0) is 29.0. The molecule has 1 aliphatic rings. The molecule has 212 valence electrons. The van der Waals surface area contributed by atoms with Gasteiger partial charge in [0.2, 0.25) is 17.7 Å². The highest BCUT2D eigenvalue weighted by atomic mass is 35.5. The Balaban J connectivity index is 1.91. The lowest BCUT2D eigenvalue weighted by Gasteiger charge is -2.29. The Morgan fingerprint density at radius 2 is 1.54 bits per heavy atom. The van der Waals surface area contributed by atoms with Gasteiger partial charge in [-0.1, -0.05) is 23.7 Å². The minimum absolute atomic E-state index is 0.188. The average Bonchev–Trinajstić information content (AvgIpc) is 2.96. The lowest BCUT2D eigenvalue weighted by molar-refractivity contribution is -0.152. The zero-order valence-corrected chi connectivity index (χ0v) is 21.0. The molecule has 0 bridgehead atoms. The van der Waals surface area contributed by atoms with E-state index < -0.39 is 73.6 Å². The van der Waals surface area contributed by atoms with Crippen molar-refractivity contribution >= 4 is 46.4 Å². The van der Waals surface area contributed by atoms with Gasteiger partial charge in [0, 0.05) is 35.4 Å². The Kier molecular flexibility index (Phi) is 9.36. The summed E-state index contributed by atoms with van der Waals surface area (Å²) in [5, 5.41) is 5.42. The number of nitrogens with one attached hydrogen (secondary N) is 2. The Morgan fingerprint density at radius 3 is 2.10 bits per heavy atom. The van der Waals surface area contributed by atoms with Crippen molar-refractivity contribution in [3.63, 3.8) is 0 Å². The predicted molar refractivity (Wildman–Crippen MR) is 132 cm³/mol. The standard InChI is InChI=1S/C25H25ClF6N4O3/c26-14-5-7-15(8-6-14)36-13-19(23(39)34-18-3-1-2-4-20(18)36)35-22(38)17(10-12-25(30,31)32)16(21(33)37)9-11-24(27,28)29/h1-8,16-17,19H,9-13H2,(H2,33,37)(H,34,39)(H,35,38). The maximum Gasteiger partial charge on any atom is 0.389 e. The van der Waals surface area contributed by atoms with Gasteiger partial charge in [-0.25, -0.2) is 0 Å². The third kappa shape index (κ3) is 8.50. The summed E-state index contributed by atoms with van der Waals surface area (Å²) < 4.78 is 77.6. The molecule has 7 nitrogen and oxygen atoms in total. The first kappa shape index (κ1) is 30.1. The molecule has 0 saturated heterocycles. The van der Waals surface area contributed by atoms with Crippen molar-refractivity contribution in [3.8, 4) is 0 Å². The zero-order valence-electron chi connectivity index (χ0n) is 20.3. The molecule has 1 heterocycles. The summed E-state index contributed by atoms with van der Waals surface area (Å²) >= 11 is 5.98. The highest BCUT2D eigenvalue weighted by molar-refractivity contribution is 6.30. The Bertz CT molecular complexity index is 1190. The molecule has 4 N–H and O–H groups in total. The first-order valence-electron chi connectivity index (χ1n) is 11.8. The number of rotatable bonds is 9. The lowest BCUT2D eigenvalue weighted by atomic mass is 9.83. The molecule has 39 heavy (non-hydrogen) atoms. The van der Waals surface area contributed by atoms with E-state index in [1.165, 1.54) is 0 Å². The van der Waals surface area contributed by atoms with Gasteiger partial charge >= 0.3 is 12.4 Å². The van der Waals surface area contributed by atoms with E-state index in [2.05, 4.69) is 10.6 Å². The van der Waals surface area contributed by atoms with E-state index in [4.69, 9.17) is 17.3 Å². The third-order valence-corrected chi connectivity index (χ3v) is 6.51. The highest BCUT2D eigenvalue weighted by Gasteiger charge is 2.41. The molecular formula is C25H25ClF6N4O3. The molecule has 3 unspecified atom stereocenters. The molecule has 14 heteroatoms. The monoisotopic (exact) mass is 578 g/mol. The summed E-state index contributed by atoms with van der Waals surface area (Å²) in [4.78, 5) is 40.0. The van der Waals surface area contributed by atoms with Gasteiger partial charge in [0.05, 0.1) is 17.9 Å². The minimum Gasteiger partial charge on any atom is -0.369 e. The summed E-state index contributed by atoms with van der Waals surface area (Å²) in [6.45, 7) is -0.188. The summed E-state index contributed by atoms with van der Waals surface area (Å²) in [6, 6.07) is 11.8. The number of amides is 3. The number of para-hydroxylation sites is 2. The SMILES string of the molecule is NC(=O)C(CCC(F)(F)F)C(CCC(F)(F)F)C(=O)NC1CN(c2ccc(Cl)cc2)c2ccccc2NC1=O. The van der Waals surface area contributed by atoms with Gasteiger partial charge in [0.15, 0.2) is 0 Å². The van der Waals surface area contributed by atoms with Gasteiger partial charge in [-0.2, -0.15) is 26.3 Å². The van der Waals surface area contributed by atoms with Crippen LogP contribution in [0.3, 0.4) is 0 Å². The number of primary amides is 1. The number of halogens is 7. The predicted octanol–water partition coefficient (Wildman–Crippen LogP) is 5.32. The molecule has 0 spiro atoms. The van der Waals surface area contributed by atoms with E-state index in [0.717, 1.165) is 0 Å². The molecule has 3 amide bonds. The molecule has 0 aromatic heterocycles. The molecule has 1 aliphatic heterocycles. The van der Waals surface area contributed by atoms with Gasteiger partial charge in [-0.05, 0) is 49.2 Å². The molecule has 2 aromatic carbocycles. The molecule has 3 rings (SSSR count). The quantitative estimate of drug-likeness (QED) is 0.350. The number of anilines is 3. The normalized spacial score (nSPS) is 17.5. The number of nitrogens with two attached hydrogens (primary N) is 1. The van der Waals surface area contributed by atoms with Crippen molar-refractivity contribution < 1.29 is 40.7 Å².